The molecule has 82 valence electrons. The van der Waals surface area contributed by atoms with Crippen LogP contribution in [0.1, 0.15) is 33.1 Å². The number of piperidine rings is 1. The summed E-state index contributed by atoms with van der Waals surface area (Å²) in [6.07, 6.45) is 3.02. The van der Waals surface area contributed by atoms with E-state index in [9.17, 15) is 4.79 Å². The van der Waals surface area contributed by atoms with Gasteiger partial charge in [-0.25, -0.2) is 0 Å². The number of nitrogens with zero attached hydrogens (tertiary/aromatic N) is 1. The first-order valence-corrected chi connectivity index (χ1v) is 5.47. The van der Waals surface area contributed by atoms with Crippen LogP contribution in [0.4, 0.5) is 0 Å². The molecular weight excluding hydrogens is 176 g/mol. The summed E-state index contributed by atoms with van der Waals surface area (Å²) in [6.45, 7) is 7.15. The molecule has 3 nitrogen and oxygen atoms in total. The van der Waals surface area contributed by atoms with E-state index in [2.05, 4.69) is 19.2 Å². The normalized spacial score (nSPS) is 20.9. The molecule has 14 heavy (non-hydrogen) atoms. The van der Waals surface area contributed by atoms with Gasteiger partial charge in [0, 0.05) is 26.1 Å². The Labute approximate surface area is 86.9 Å². The van der Waals surface area contributed by atoms with Gasteiger partial charge in [-0.05, 0) is 25.3 Å². The lowest BCUT2D eigenvalue weighted by atomic mass is 9.84. The maximum atomic E-state index is 11.7. The predicted molar refractivity (Wildman–Crippen MR) is 58.1 cm³/mol. The Balaban J connectivity index is 2.40. The van der Waals surface area contributed by atoms with Crippen LogP contribution in [-0.2, 0) is 4.79 Å². The molecule has 1 rings (SSSR count). The Morgan fingerprint density at radius 1 is 1.50 bits per heavy atom. The number of rotatable bonds is 3. The van der Waals surface area contributed by atoms with Gasteiger partial charge < -0.3 is 10.2 Å². The lowest BCUT2D eigenvalue weighted by molar-refractivity contribution is -0.134. The molecule has 0 saturated carbocycles. The van der Waals surface area contributed by atoms with Gasteiger partial charge in [0.05, 0.1) is 0 Å². The number of carbonyl (C=O) groups excluding carboxylic acids is 1. The van der Waals surface area contributed by atoms with Crippen molar-refractivity contribution in [2.24, 2.45) is 5.41 Å². The second-order valence-corrected chi connectivity index (χ2v) is 4.94. The molecule has 0 aromatic rings. The number of hydrogen-bond acceptors (Lipinski definition) is 2. The van der Waals surface area contributed by atoms with Crippen LogP contribution in [0.2, 0.25) is 0 Å². The predicted octanol–water partition coefficient (Wildman–Crippen LogP) is 1.24. The van der Waals surface area contributed by atoms with E-state index in [1.807, 2.05) is 11.9 Å². The molecule has 0 aliphatic carbocycles. The van der Waals surface area contributed by atoms with Crippen LogP contribution in [0.5, 0.6) is 0 Å². The Morgan fingerprint density at radius 3 is 2.79 bits per heavy atom. The zero-order chi connectivity index (χ0) is 10.6. The first kappa shape index (κ1) is 11.5. The van der Waals surface area contributed by atoms with Gasteiger partial charge in [0.1, 0.15) is 0 Å². The third-order valence-corrected chi connectivity index (χ3v) is 2.84. The molecule has 1 aliphatic heterocycles. The first-order chi connectivity index (χ1) is 6.55. The van der Waals surface area contributed by atoms with Crippen molar-refractivity contribution >= 4 is 5.91 Å². The highest BCUT2D eigenvalue weighted by molar-refractivity contribution is 5.76. The number of amides is 1. The largest absolute Gasteiger partial charge is 0.342 e. The monoisotopic (exact) mass is 198 g/mol. The molecular formula is C11H22N2O. The van der Waals surface area contributed by atoms with E-state index >= 15 is 0 Å². The maximum absolute atomic E-state index is 11.7. The molecule has 1 saturated heterocycles. The molecule has 1 heterocycles. The smallest absolute Gasteiger partial charge is 0.223 e. The summed E-state index contributed by atoms with van der Waals surface area (Å²) in [5.74, 6) is 0.298. The van der Waals surface area contributed by atoms with E-state index in [0.717, 1.165) is 26.1 Å². The topological polar surface area (TPSA) is 32.3 Å². The molecule has 1 N–H and O–H groups in total. The molecule has 0 aromatic heterocycles. The number of carbonyl (C=O) groups is 1. The Kier molecular flexibility index (Phi) is 3.93. The zero-order valence-corrected chi connectivity index (χ0v) is 9.60. The van der Waals surface area contributed by atoms with Crippen molar-refractivity contribution in [3.8, 4) is 0 Å². The van der Waals surface area contributed by atoms with E-state index in [0.29, 0.717) is 17.7 Å². The average molecular weight is 198 g/mol. The third kappa shape index (κ3) is 3.29. The van der Waals surface area contributed by atoms with E-state index in [4.69, 9.17) is 0 Å². The van der Waals surface area contributed by atoms with Crippen LogP contribution in [0.15, 0.2) is 0 Å². The van der Waals surface area contributed by atoms with Gasteiger partial charge in [-0.3, -0.25) is 4.79 Å². The minimum atomic E-state index is 0.298. The second-order valence-electron chi connectivity index (χ2n) is 4.94. The summed E-state index contributed by atoms with van der Waals surface area (Å²) in [7, 11) is 1.88. The van der Waals surface area contributed by atoms with E-state index < -0.39 is 0 Å². The lowest BCUT2D eigenvalue weighted by Crippen LogP contribution is -2.44. The lowest BCUT2D eigenvalue weighted by Gasteiger charge is -2.38. The van der Waals surface area contributed by atoms with Gasteiger partial charge in [0.2, 0.25) is 5.91 Å². The van der Waals surface area contributed by atoms with Crippen LogP contribution < -0.4 is 5.32 Å². The molecule has 1 fully saturated rings. The number of hydrogen-bond donors (Lipinski definition) is 1. The molecule has 0 radical (unpaired) electrons. The van der Waals surface area contributed by atoms with Gasteiger partial charge in [0.15, 0.2) is 0 Å². The van der Waals surface area contributed by atoms with Crippen molar-refractivity contribution in [1.82, 2.24) is 10.2 Å². The van der Waals surface area contributed by atoms with Crippen molar-refractivity contribution in [3.05, 3.63) is 0 Å². The Morgan fingerprint density at radius 2 is 2.21 bits per heavy atom. The van der Waals surface area contributed by atoms with Crippen LogP contribution in [-0.4, -0.2) is 37.5 Å². The first-order valence-electron chi connectivity index (χ1n) is 5.47. The van der Waals surface area contributed by atoms with Gasteiger partial charge in [-0.1, -0.05) is 13.8 Å². The van der Waals surface area contributed by atoms with E-state index in [1.54, 1.807) is 0 Å². The Bertz CT molecular complexity index is 201. The van der Waals surface area contributed by atoms with Crippen LogP contribution in [0.25, 0.3) is 0 Å². The fourth-order valence-electron chi connectivity index (χ4n) is 2.03. The molecule has 0 unspecified atom stereocenters. The van der Waals surface area contributed by atoms with Gasteiger partial charge in [-0.15, -0.1) is 0 Å². The van der Waals surface area contributed by atoms with Crippen molar-refractivity contribution in [2.75, 3.05) is 26.7 Å². The van der Waals surface area contributed by atoms with Crippen molar-refractivity contribution < 1.29 is 4.79 Å². The SMILES string of the molecule is CNCCC(=O)N1CCCC(C)(C)C1. The van der Waals surface area contributed by atoms with Gasteiger partial charge in [0.25, 0.3) is 0 Å². The van der Waals surface area contributed by atoms with Gasteiger partial charge >= 0.3 is 0 Å². The molecule has 0 aromatic carbocycles. The van der Waals surface area contributed by atoms with Gasteiger partial charge in [-0.2, -0.15) is 0 Å². The maximum Gasteiger partial charge on any atom is 0.223 e. The highest BCUT2D eigenvalue weighted by Gasteiger charge is 2.28. The highest BCUT2D eigenvalue weighted by Crippen LogP contribution is 2.28. The summed E-state index contributed by atoms with van der Waals surface area (Å²) in [4.78, 5) is 13.7. The standard InChI is InChI=1S/C11H22N2O/c1-11(2)6-4-8-13(9-11)10(14)5-7-12-3/h12H,4-9H2,1-3H3. The molecule has 3 heteroatoms. The number of likely N-dealkylation sites (tertiary alicyclic amines) is 1. The molecule has 0 spiro atoms. The minimum absolute atomic E-state index is 0.298. The van der Waals surface area contributed by atoms with Crippen LogP contribution >= 0.6 is 0 Å². The fraction of sp³-hybridized carbons (Fsp3) is 0.909. The van der Waals surface area contributed by atoms with Crippen molar-refractivity contribution in [2.45, 2.75) is 33.1 Å². The van der Waals surface area contributed by atoms with Crippen LogP contribution in [0.3, 0.4) is 0 Å². The highest BCUT2D eigenvalue weighted by atomic mass is 16.2. The zero-order valence-electron chi connectivity index (χ0n) is 9.60. The molecule has 1 aliphatic rings. The molecule has 0 bridgehead atoms. The summed E-state index contributed by atoms with van der Waals surface area (Å²) < 4.78 is 0. The van der Waals surface area contributed by atoms with E-state index in [-0.39, 0.29) is 0 Å². The summed E-state index contributed by atoms with van der Waals surface area (Å²) in [5, 5.41) is 3.01. The average Bonchev–Trinajstić information content (AvgIpc) is 2.12. The number of nitrogens with one attached hydrogen (secondary N) is 1. The quantitative estimate of drug-likeness (QED) is 0.740. The summed E-state index contributed by atoms with van der Waals surface area (Å²) in [6, 6.07) is 0. The molecule has 0 atom stereocenters. The Hall–Kier alpha value is -0.570. The summed E-state index contributed by atoms with van der Waals surface area (Å²) >= 11 is 0. The van der Waals surface area contributed by atoms with Crippen molar-refractivity contribution in [3.63, 3.8) is 0 Å². The summed E-state index contributed by atoms with van der Waals surface area (Å²) in [5.41, 5.74) is 0.313. The minimum Gasteiger partial charge on any atom is -0.342 e. The second kappa shape index (κ2) is 4.78. The molecule has 1 amide bonds. The van der Waals surface area contributed by atoms with Crippen molar-refractivity contribution in [1.29, 1.82) is 0 Å². The van der Waals surface area contributed by atoms with Crippen LogP contribution in [0, 0.1) is 5.41 Å². The fourth-order valence-corrected chi connectivity index (χ4v) is 2.03. The van der Waals surface area contributed by atoms with E-state index in [1.165, 1.54) is 6.42 Å². The third-order valence-electron chi connectivity index (χ3n) is 2.84.